The Labute approximate surface area is 140 Å². The molecular formula is C23H16N+. The van der Waals surface area contributed by atoms with Crippen molar-refractivity contribution >= 4 is 32.4 Å². The van der Waals surface area contributed by atoms with Gasteiger partial charge in [0, 0.05) is 12.1 Å². The summed E-state index contributed by atoms with van der Waals surface area (Å²) in [5.74, 6) is 0. The molecule has 0 bridgehead atoms. The van der Waals surface area contributed by atoms with Crippen molar-refractivity contribution in [2.24, 2.45) is 0 Å². The molecule has 0 fully saturated rings. The number of hydrogen-bond donors (Lipinski definition) is 0. The van der Waals surface area contributed by atoms with Gasteiger partial charge in [0.1, 0.15) is 0 Å². The van der Waals surface area contributed by atoms with E-state index >= 15 is 0 Å². The summed E-state index contributed by atoms with van der Waals surface area (Å²) in [7, 11) is 0. The molecule has 1 nitrogen and oxygen atoms in total. The molecule has 4 aromatic carbocycles. The Bertz CT molecular complexity index is 1200. The minimum atomic E-state index is 1.15. The Morgan fingerprint density at radius 1 is 0.458 bits per heavy atom. The molecule has 0 aliphatic rings. The fraction of sp³-hybridized carbons (Fsp3) is 0. The number of pyridine rings is 1. The minimum Gasteiger partial charge on any atom is -0.204 e. The van der Waals surface area contributed by atoms with E-state index in [2.05, 4.69) is 96.0 Å². The monoisotopic (exact) mass is 306 g/mol. The van der Waals surface area contributed by atoms with Gasteiger partial charge in [0.05, 0.1) is 10.9 Å². The number of rotatable bonds is 1. The lowest BCUT2D eigenvalue weighted by molar-refractivity contribution is -0.330. The number of nitrogens with one attached hydrogen (secondary N) is 1. The molecule has 5 aromatic rings. The van der Waals surface area contributed by atoms with Gasteiger partial charge in [-0.15, -0.1) is 0 Å². The highest BCUT2D eigenvalue weighted by molar-refractivity contribution is 6.05. The zero-order valence-electron chi connectivity index (χ0n) is 13.2. The lowest BCUT2D eigenvalue weighted by Crippen LogP contribution is -2.08. The Morgan fingerprint density at radius 2 is 1.17 bits per heavy atom. The Hall–Kier alpha value is -3.19. The van der Waals surface area contributed by atoms with Crippen LogP contribution < -0.4 is 4.98 Å². The number of fused-ring (bicyclic) bond motifs is 4. The quantitative estimate of drug-likeness (QED) is 0.356. The van der Waals surface area contributed by atoms with E-state index in [0.717, 1.165) is 5.69 Å². The van der Waals surface area contributed by atoms with E-state index in [1.54, 1.807) is 0 Å². The summed E-state index contributed by atoms with van der Waals surface area (Å²) >= 11 is 0. The highest BCUT2D eigenvalue weighted by Crippen LogP contribution is 2.28. The molecule has 1 aromatic heterocycles. The van der Waals surface area contributed by atoms with Gasteiger partial charge in [-0.25, -0.2) is 4.98 Å². The van der Waals surface area contributed by atoms with E-state index in [4.69, 9.17) is 0 Å². The second-order valence-corrected chi connectivity index (χ2v) is 6.15. The second kappa shape index (κ2) is 5.17. The summed E-state index contributed by atoms with van der Waals surface area (Å²) in [6, 6.07) is 32.3. The Balaban J connectivity index is 1.80. The molecule has 0 spiro atoms. The molecule has 0 aliphatic carbocycles. The van der Waals surface area contributed by atoms with E-state index in [1.807, 2.05) is 0 Å². The third kappa shape index (κ3) is 1.99. The lowest BCUT2D eigenvalue weighted by atomic mass is 10.00. The molecule has 5 rings (SSSR count). The molecule has 0 aliphatic heterocycles. The number of hydrogen-bond acceptors (Lipinski definition) is 0. The van der Waals surface area contributed by atoms with Crippen LogP contribution in [0.1, 0.15) is 0 Å². The molecule has 1 heteroatoms. The predicted octanol–water partition coefficient (Wildman–Crippen LogP) is 5.63. The van der Waals surface area contributed by atoms with Gasteiger partial charge in [0.15, 0.2) is 0 Å². The molecule has 0 unspecified atom stereocenters. The molecular weight excluding hydrogens is 290 g/mol. The van der Waals surface area contributed by atoms with E-state index in [9.17, 15) is 0 Å². The highest BCUT2D eigenvalue weighted by Gasteiger charge is 2.12. The van der Waals surface area contributed by atoms with Gasteiger partial charge in [-0.2, -0.15) is 0 Å². The maximum Gasteiger partial charge on any atom is 0.211 e. The van der Waals surface area contributed by atoms with Crippen LogP contribution in [-0.2, 0) is 0 Å². The lowest BCUT2D eigenvalue weighted by Gasteiger charge is -2.04. The third-order valence-corrected chi connectivity index (χ3v) is 4.74. The molecule has 1 heterocycles. The normalized spacial score (nSPS) is 11.3. The van der Waals surface area contributed by atoms with Crippen molar-refractivity contribution in [2.75, 3.05) is 0 Å². The van der Waals surface area contributed by atoms with Crippen molar-refractivity contribution < 1.29 is 4.98 Å². The molecule has 112 valence electrons. The summed E-state index contributed by atoms with van der Waals surface area (Å²) in [5.41, 5.74) is 3.55. The van der Waals surface area contributed by atoms with Gasteiger partial charge in [0.2, 0.25) is 11.2 Å². The van der Waals surface area contributed by atoms with Gasteiger partial charge in [0.25, 0.3) is 0 Å². The zero-order valence-corrected chi connectivity index (χ0v) is 13.2. The van der Waals surface area contributed by atoms with Crippen molar-refractivity contribution in [1.82, 2.24) is 0 Å². The van der Waals surface area contributed by atoms with E-state index in [1.165, 1.54) is 38.0 Å². The maximum atomic E-state index is 3.63. The fourth-order valence-corrected chi connectivity index (χ4v) is 3.55. The number of aromatic nitrogens is 1. The highest BCUT2D eigenvalue weighted by atomic mass is 14.7. The van der Waals surface area contributed by atoms with Crippen LogP contribution in [0.5, 0.6) is 0 Å². The summed E-state index contributed by atoms with van der Waals surface area (Å²) in [6.07, 6.45) is 0. The summed E-state index contributed by atoms with van der Waals surface area (Å²) in [6.45, 7) is 0. The first kappa shape index (κ1) is 13.3. The van der Waals surface area contributed by atoms with Crippen LogP contribution in [0.2, 0.25) is 0 Å². The van der Waals surface area contributed by atoms with Gasteiger partial charge >= 0.3 is 0 Å². The fourth-order valence-electron chi connectivity index (χ4n) is 3.55. The first-order valence-corrected chi connectivity index (χ1v) is 8.22. The van der Waals surface area contributed by atoms with Crippen molar-refractivity contribution in [1.29, 1.82) is 0 Å². The molecule has 0 amide bonds. The number of H-pyrrole nitrogens is 1. The largest absolute Gasteiger partial charge is 0.211 e. The average molecular weight is 306 g/mol. The number of aromatic amines is 1. The van der Waals surface area contributed by atoms with Crippen molar-refractivity contribution in [2.45, 2.75) is 0 Å². The summed E-state index contributed by atoms with van der Waals surface area (Å²) in [4.78, 5) is 3.63. The molecule has 24 heavy (non-hydrogen) atoms. The molecule has 0 saturated carbocycles. The molecule has 0 saturated heterocycles. The topological polar surface area (TPSA) is 14.1 Å². The maximum absolute atomic E-state index is 3.63. The van der Waals surface area contributed by atoms with Crippen molar-refractivity contribution in [3.05, 3.63) is 91.0 Å². The van der Waals surface area contributed by atoms with E-state index in [0.29, 0.717) is 0 Å². The smallest absolute Gasteiger partial charge is 0.204 e. The van der Waals surface area contributed by atoms with Crippen molar-refractivity contribution in [3.63, 3.8) is 0 Å². The first-order valence-electron chi connectivity index (χ1n) is 8.22. The first-order chi connectivity index (χ1) is 11.9. The molecule has 1 N–H and O–H groups in total. The van der Waals surface area contributed by atoms with Crippen LogP contribution in [0, 0.1) is 0 Å². The minimum absolute atomic E-state index is 1.15. The SMILES string of the molecule is c1ccc2c(-c3ccc4c(ccc5ccccc54)[nH+]3)cccc2c1. The Morgan fingerprint density at radius 3 is 2.04 bits per heavy atom. The average Bonchev–Trinajstić information content (AvgIpc) is 2.67. The standard InChI is InChI=1S/C23H15N/c1-3-9-18-16(6-1)8-5-11-20(18)23-15-13-21-19-10-4-2-7-17(19)12-14-22(21)24-23/h1-15H/p+1. The van der Waals surface area contributed by atoms with Crippen LogP contribution >= 0.6 is 0 Å². The van der Waals surface area contributed by atoms with Gasteiger partial charge in [-0.05, 0) is 39.7 Å². The molecule has 0 atom stereocenters. The van der Waals surface area contributed by atoms with Crippen LogP contribution in [0.15, 0.2) is 91.0 Å². The van der Waals surface area contributed by atoms with Gasteiger partial charge in [-0.3, -0.25) is 0 Å². The molecule has 0 radical (unpaired) electrons. The summed E-state index contributed by atoms with van der Waals surface area (Å²) < 4.78 is 0. The third-order valence-electron chi connectivity index (χ3n) is 4.74. The van der Waals surface area contributed by atoms with Crippen LogP contribution in [-0.4, -0.2) is 0 Å². The van der Waals surface area contributed by atoms with Gasteiger partial charge < -0.3 is 0 Å². The predicted molar refractivity (Wildman–Crippen MR) is 101 cm³/mol. The van der Waals surface area contributed by atoms with Crippen molar-refractivity contribution in [3.8, 4) is 11.3 Å². The van der Waals surface area contributed by atoms with E-state index < -0.39 is 0 Å². The second-order valence-electron chi connectivity index (χ2n) is 6.15. The number of benzene rings is 4. The Kier molecular flexibility index (Phi) is 2.86. The van der Waals surface area contributed by atoms with Crippen LogP contribution in [0.4, 0.5) is 0 Å². The zero-order chi connectivity index (χ0) is 15.9. The van der Waals surface area contributed by atoms with Crippen LogP contribution in [0.25, 0.3) is 43.7 Å². The summed E-state index contributed by atoms with van der Waals surface area (Å²) in [5, 5.41) is 6.36. The van der Waals surface area contributed by atoms with Gasteiger partial charge in [-0.1, -0.05) is 60.7 Å². The van der Waals surface area contributed by atoms with Crippen LogP contribution in [0.3, 0.4) is 0 Å². The van der Waals surface area contributed by atoms with E-state index in [-0.39, 0.29) is 0 Å².